The molecule has 0 saturated carbocycles. The highest BCUT2D eigenvalue weighted by Gasteiger charge is 2.14. The number of rotatable bonds is 6. The summed E-state index contributed by atoms with van der Waals surface area (Å²) in [6, 6.07) is 6.63. The largest absolute Gasteiger partial charge is 0.494 e. The molecule has 0 radical (unpaired) electrons. The maximum Gasteiger partial charge on any atom is 0.191 e. The minimum absolute atomic E-state index is 0.0430. The number of hydrogen-bond donors (Lipinski definition) is 1. The van der Waals surface area contributed by atoms with Crippen molar-refractivity contribution in [3.05, 3.63) is 24.3 Å². The lowest BCUT2D eigenvalue weighted by molar-refractivity contribution is 0.340. The van der Waals surface area contributed by atoms with Gasteiger partial charge in [0.25, 0.3) is 0 Å². The molecule has 0 amide bonds. The van der Waals surface area contributed by atoms with Gasteiger partial charge < -0.3 is 10.1 Å². The van der Waals surface area contributed by atoms with Crippen LogP contribution in [-0.4, -0.2) is 26.9 Å². The van der Waals surface area contributed by atoms with Gasteiger partial charge in [0.1, 0.15) is 11.6 Å². The van der Waals surface area contributed by atoms with Crippen LogP contribution in [0.4, 0.5) is 0 Å². The average Bonchev–Trinajstić information content (AvgIpc) is 2.28. The number of sulfone groups is 1. The highest BCUT2D eigenvalue weighted by molar-refractivity contribution is 7.91. The van der Waals surface area contributed by atoms with Gasteiger partial charge in [0.2, 0.25) is 0 Å². The minimum Gasteiger partial charge on any atom is -0.494 e. The second kappa shape index (κ2) is 6.02. The first-order valence-electron chi connectivity index (χ1n) is 5.64. The molecule has 4 nitrogen and oxygen atoms in total. The lowest BCUT2D eigenvalue weighted by atomic mass is 10.3. The standard InChI is InChI=1S/C12H19NO3S/c1-4-16-11-5-7-12(8-6-11)17(14,15)9-13-10(2)3/h5-8,10,13H,4,9H2,1-3H3. The maximum atomic E-state index is 11.9. The predicted octanol–water partition coefficient (Wildman–Crippen LogP) is 1.81. The molecule has 96 valence electrons. The van der Waals surface area contributed by atoms with Crippen molar-refractivity contribution in [3.8, 4) is 5.75 Å². The molecule has 0 bridgehead atoms. The van der Waals surface area contributed by atoms with Crippen molar-refractivity contribution >= 4 is 9.84 Å². The molecule has 0 aliphatic carbocycles. The highest BCUT2D eigenvalue weighted by Crippen LogP contribution is 2.16. The third kappa shape index (κ3) is 4.36. The van der Waals surface area contributed by atoms with Crippen LogP contribution in [0.3, 0.4) is 0 Å². The predicted molar refractivity (Wildman–Crippen MR) is 67.9 cm³/mol. The molecular formula is C12H19NO3S. The van der Waals surface area contributed by atoms with Crippen LogP contribution in [0.25, 0.3) is 0 Å². The smallest absolute Gasteiger partial charge is 0.191 e. The van der Waals surface area contributed by atoms with Crippen LogP contribution < -0.4 is 10.1 Å². The Morgan fingerprint density at radius 2 is 1.82 bits per heavy atom. The Labute approximate surface area is 103 Å². The Morgan fingerprint density at radius 1 is 1.24 bits per heavy atom. The lowest BCUT2D eigenvalue weighted by Gasteiger charge is -2.09. The summed E-state index contributed by atoms with van der Waals surface area (Å²) in [4.78, 5) is 0.314. The summed E-state index contributed by atoms with van der Waals surface area (Å²) in [7, 11) is -3.25. The molecule has 1 aromatic carbocycles. The van der Waals surface area contributed by atoms with Crippen molar-refractivity contribution in [2.75, 3.05) is 12.5 Å². The zero-order chi connectivity index (χ0) is 12.9. The van der Waals surface area contributed by atoms with Gasteiger partial charge in [-0.1, -0.05) is 0 Å². The van der Waals surface area contributed by atoms with E-state index in [-0.39, 0.29) is 11.9 Å². The van der Waals surface area contributed by atoms with E-state index in [2.05, 4.69) is 5.32 Å². The quantitative estimate of drug-likeness (QED) is 0.844. The van der Waals surface area contributed by atoms with Gasteiger partial charge >= 0.3 is 0 Å². The molecule has 17 heavy (non-hydrogen) atoms. The molecule has 0 aliphatic rings. The molecule has 5 heteroatoms. The van der Waals surface area contributed by atoms with E-state index in [1.807, 2.05) is 20.8 Å². The zero-order valence-corrected chi connectivity index (χ0v) is 11.3. The van der Waals surface area contributed by atoms with Crippen molar-refractivity contribution in [1.82, 2.24) is 5.32 Å². The van der Waals surface area contributed by atoms with Crippen molar-refractivity contribution in [3.63, 3.8) is 0 Å². The van der Waals surface area contributed by atoms with Crippen molar-refractivity contribution in [2.45, 2.75) is 31.7 Å². The number of benzene rings is 1. The van der Waals surface area contributed by atoms with Gasteiger partial charge in [-0.15, -0.1) is 0 Å². The summed E-state index contributed by atoms with van der Waals surface area (Å²) in [6.07, 6.45) is 0. The van der Waals surface area contributed by atoms with E-state index in [9.17, 15) is 8.42 Å². The molecule has 0 atom stereocenters. The molecule has 1 N–H and O–H groups in total. The summed E-state index contributed by atoms with van der Waals surface area (Å²) < 4.78 is 29.1. The lowest BCUT2D eigenvalue weighted by Crippen LogP contribution is -2.29. The van der Waals surface area contributed by atoms with Crippen LogP contribution in [0.5, 0.6) is 5.75 Å². The summed E-state index contributed by atoms with van der Waals surface area (Å²) in [6.45, 7) is 6.28. The van der Waals surface area contributed by atoms with E-state index >= 15 is 0 Å². The van der Waals surface area contributed by atoms with Gasteiger partial charge in [0, 0.05) is 6.04 Å². The molecule has 0 saturated heterocycles. The van der Waals surface area contributed by atoms with E-state index in [4.69, 9.17) is 4.74 Å². The SMILES string of the molecule is CCOc1ccc(S(=O)(=O)CNC(C)C)cc1. The van der Waals surface area contributed by atoms with E-state index in [1.165, 1.54) is 0 Å². The maximum absolute atomic E-state index is 11.9. The molecule has 0 spiro atoms. The Hall–Kier alpha value is -1.07. The first kappa shape index (κ1) is 14.0. The Morgan fingerprint density at radius 3 is 2.29 bits per heavy atom. The molecule has 0 aromatic heterocycles. The summed E-state index contributed by atoms with van der Waals surface area (Å²) in [5, 5.41) is 2.90. The molecule has 0 aliphatic heterocycles. The third-order valence-electron chi connectivity index (χ3n) is 2.18. The third-order valence-corrected chi connectivity index (χ3v) is 3.71. The summed E-state index contributed by atoms with van der Waals surface area (Å²) in [5.74, 6) is 0.641. The highest BCUT2D eigenvalue weighted by atomic mass is 32.2. The number of hydrogen-bond acceptors (Lipinski definition) is 4. The second-order valence-electron chi connectivity index (χ2n) is 4.02. The van der Waals surface area contributed by atoms with E-state index in [0.717, 1.165) is 0 Å². The van der Waals surface area contributed by atoms with Gasteiger partial charge in [-0.2, -0.15) is 0 Å². The van der Waals surface area contributed by atoms with E-state index < -0.39 is 9.84 Å². The summed E-state index contributed by atoms with van der Waals surface area (Å²) >= 11 is 0. The Kier molecular flexibility index (Phi) is 4.96. The van der Waals surface area contributed by atoms with Gasteiger partial charge in [-0.05, 0) is 45.0 Å². The topological polar surface area (TPSA) is 55.4 Å². The summed E-state index contributed by atoms with van der Waals surface area (Å²) in [5.41, 5.74) is 0. The Bertz CT molecular complexity index is 437. The van der Waals surface area contributed by atoms with Crippen LogP contribution in [-0.2, 0) is 9.84 Å². The first-order chi connectivity index (χ1) is 7.95. The number of nitrogens with one attached hydrogen (secondary N) is 1. The van der Waals surface area contributed by atoms with Crippen LogP contribution >= 0.6 is 0 Å². The first-order valence-corrected chi connectivity index (χ1v) is 7.30. The van der Waals surface area contributed by atoms with Crippen LogP contribution in [0.15, 0.2) is 29.2 Å². The van der Waals surface area contributed by atoms with Gasteiger partial charge in [0.05, 0.1) is 11.5 Å². The average molecular weight is 257 g/mol. The molecule has 0 heterocycles. The zero-order valence-electron chi connectivity index (χ0n) is 10.4. The van der Waals surface area contributed by atoms with Crippen LogP contribution in [0, 0.1) is 0 Å². The van der Waals surface area contributed by atoms with Crippen molar-refractivity contribution in [1.29, 1.82) is 0 Å². The number of ether oxygens (including phenoxy) is 1. The van der Waals surface area contributed by atoms with E-state index in [1.54, 1.807) is 24.3 Å². The fourth-order valence-corrected chi connectivity index (χ4v) is 2.54. The monoisotopic (exact) mass is 257 g/mol. The fraction of sp³-hybridized carbons (Fsp3) is 0.500. The van der Waals surface area contributed by atoms with E-state index in [0.29, 0.717) is 17.3 Å². The fourth-order valence-electron chi connectivity index (χ4n) is 1.27. The molecular weight excluding hydrogens is 238 g/mol. The van der Waals surface area contributed by atoms with Gasteiger partial charge in [-0.3, -0.25) is 0 Å². The molecule has 0 unspecified atom stereocenters. The molecule has 1 rings (SSSR count). The van der Waals surface area contributed by atoms with Crippen molar-refractivity contribution < 1.29 is 13.2 Å². The van der Waals surface area contributed by atoms with Gasteiger partial charge in [-0.25, -0.2) is 8.42 Å². The van der Waals surface area contributed by atoms with Crippen molar-refractivity contribution in [2.24, 2.45) is 0 Å². The minimum atomic E-state index is -3.25. The van der Waals surface area contributed by atoms with Gasteiger partial charge in [0.15, 0.2) is 9.84 Å². The Balaban J connectivity index is 2.77. The van der Waals surface area contributed by atoms with Crippen LogP contribution in [0.1, 0.15) is 20.8 Å². The molecule has 1 aromatic rings. The second-order valence-corrected chi connectivity index (χ2v) is 6.01. The van der Waals surface area contributed by atoms with Crippen LogP contribution in [0.2, 0.25) is 0 Å². The molecule has 0 fully saturated rings. The normalized spacial score (nSPS) is 11.8.